The second-order valence-electron chi connectivity index (χ2n) is 15.3. The van der Waals surface area contributed by atoms with E-state index in [0.717, 1.165) is 50.5 Å². The molecular formula is C35H54O7. The summed E-state index contributed by atoms with van der Waals surface area (Å²) in [5.74, 6) is -1.46. The first kappa shape index (κ1) is 32.8. The molecule has 0 aromatic rings. The van der Waals surface area contributed by atoms with Gasteiger partial charge in [-0.25, -0.2) is 0 Å². The maximum Gasteiger partial charge on any atom is 0.317 e. The molecule has 7 heteroatoms. The van der Waals surface area contributed by atoms with E-state index in [1.165, 1.54) is 12.7 Å². The number of fused-ring (bicyclic) bond motifs is 4. The van der Waals surface area contributed by atoms with Crippen molar-refractivity contribution in [2.45, 2.75) is 125 Å². The molecule has 4 rings (SSSR count). The van der Waals surface area contributed by atoms with Crippen LogP contribution in [0.3, 0.4) is 0 Å². The van der Waals surface area contributed by atoms with Gasteiger partial charge in [0.05, 0.1) is 19.1 Å². The first-order chi connectivity index (χ1) is 19.4. The molecule has 0 aromatic heterocycles. The molecule has 0 radical (unpaired) electrons. The number of carbonyl (C=O) groups excluding carboxylic acids is 2. The summed E-state index contributed by atoms with van der Waals surface area (Å²) in [6.07, 6.45) is 6.93. The highest BCUT2D eigenvalue weighted by atomic mass is 16.6. The monoisotopic (exact) mass is 586 g/mol. The number of methoxy groups -OCH3 is 1. The second-order valence-corrected chi connectivity index (χ2v) is 15.3. The molecule has 4 aliphatic rings. The van der Waals surface area contributed by atoms with Crippen LogP contribution in [-0.2, 0) is 23.9 Å². The fraction of sp³-hybridized carbons (Fsp3) is 0.800. The molecule has 1 unspecified atom stereocenters. The predicted octanol–water partition coefficient (Wildman–Crippen LogP) is 6.87. The lowest BCUT2D eigenvalue weighted by molar-refractivity contribution is -0.173. The van der Waals surface area contributed by atoms with Gasteiger partial charge in [0.1, 0.15) is 12.5 Å². The van der Waals surface area contributed by atoms with Crippen LogP contribution in [0.2, 0.25) is 0 Å². The zero-order valence-corrected chi connectivity index (χ0v) is 27.2. The number of allylic oxidation sites excluding steroid dienone is 1. The molecule has 2 saturated carbocycles. The van der Waals surface area contributed by atoms with Crippen molar-refractivity contribution in [1.82, 2.24) is 0 Å². The van der Waals surface area contributed by atoms with E-state index in [2.05, 4.69) is 52.9 Å². The number of rotatable bonds is 9. The number of hydrogen-bond donors (Lipinski definition) is 2. The largest absolute Gasteiger partial charge is 0.481 e. The van der Waals surface area contributed by atoms with E-state index in [0.29, 0.717) is 30.6 Å². The van der Waals surface area contributed by atoms with Gasteiger partial charge in [-0.15, -0.1) is 0 Å². The lowest BCUT2D eigenvalue weighted by Gasteiger charge is -2.63. The topological polar surface area (TPSA) is 110 Å². The van der Waals surface area contributed by atoms with Crippen LogP contribution in [0.1, 0.15) is 113 Å². The molecule has 9 atom stereocenters. The lowest BCUT2D eigenvalue weighted by Crippen LogP contribution is -2.58. The first-order valence-electron chi connectivity index (χ1n) is 16.0. The summed E-state index contributed by atoms with van der Waals surface area (Å²) in [5.41, 5.74) is 3.08. The van der Waals surface area contributed by atoms with E-state index in [-0.39, 0.29) is 34.2 Å². The van der Waals surface area contributed by atoms with Gasteiger partial charge in [-0.2, -0.15) is 0 Å². The fourth-order valence-corrected chi connectivity index (χ4v) is 10.2. The smallest absolute Gasteiger partial charge is 0.317 e. The molecule has 2 fully saturated rings. The third-order valence-electron chi connectivity index (χ3n) is 13.2. The van der Waals surface area contributed by atoms with Crippen LogP contribution in [0.15, 0.2) is 23.3 Å². The number of esters is 2. The van der Waals surface area contributed by atoms with Gasteiger partial charge in [-0.1, -0.05) is 64.8 Å². The van der Waals surface area contributed by atoms with Crippen LogP contribution < -0.4 is 0 Å². The number of aliphatic hydroxyl groups is 1. The molecular weight excluding hydrogens is 532 g/mol. The number of hydrogen-bond acceptors (Lipinski definition) is 6. The second kappa shape index (κ2) is 11.4. The van der Waals surface area contributed by atoms with Gasteiger partial charge >= 0.3 is 17.9 Å². The van der Waals surface area contributed by atoms with Crippen molar-refractivity contribution in [3.8, 4) is 0 Å². The van der Waals surface area contributed by atoms with Gasteiger partial charge in [0.2, 0.25) is 0 Å². The van der Waals surface area contributed by atoms with Crippen LogP contribution in [-0.4, -0.2) is 47.4 Å². The SMILES string of the molecule is C=C(CC[C@@H](C)[C@H]1CC[C@@]2(C)C3=C(C[C@H](O)[C@]12C)[C@@]1(C)CC[C@@H](OC(=O)CC(=O)OC)C(C)(C)C1CC3)[C@H](C)C(=O)O. The summed E-state index contributed by atoms with van der Waals surface area (Å²) in [4.78, 5) is 35.6. The van der Waals surface area contributed by atoms with Crippen molar-refractivity contribution < 1.29 is 34.1 Å². The van der Waals surface area contributed by atoms with Gasteiger partial charge in [0, 0.05) is 10.8 Å². The normalized spacial score (nSPS) is 38.4. The molecule has 7 nitrogen and oxygen atoms in total. The highest BCUT2D eigenvalue weighted by Crippen LogP contribution is 2.72. The highest BCUT2D eigenvalue weighted by molar-refractivity contribution is 5.91. The van der Waals surface area contributed by atoms with Gasteiger partial charge in [-0.05, 0) is 93.3 Å². The van der Waals surface area contributed by atoms with Crippen LogP contribution in [0.4, 0.5) is 0 Å². The van der Waals surface area contributed by atoms with Gasteiger partial charge < -0.3 is 19.7 Å². The summed E-state index contributed by atoms with van der Waals surface area (Å²) < 4.78 is 10.6. The lowest BCUT2D eigenvalue weighted by atomic mass is 9.42. The van der Waals surface area contributed by atoms with Crippen molar-refractivity contribution in [1.29, 1.82) is 0 Å². The zero-order valence-electron chi connectivity index (χ0n) is 27.2. The maximum absolute atomic E-state index is 12.5. The number of aliphatic hydroxyl groups excluding tert-OH is 1. The Bertz CT molecular complexity index is 1150. The minimum absolute atomic E-state index is 0.0813. The molecule has 0 bridgehead atoms. The van der Waals surface area contributed by atoms with E-state index >= 15 is 0 Å². The van der Waals surface area contributed by atoms with E-state index in [1.807, 2.05) is 0 Å². The number of carboxylic acids is 1. The van der Waals surface area contributed by atoms with E-state index in [9.17, 15) is 24.6 Å². The van der Waals surface area contributed by atoms with Crippen LogP contribution in [0.5, 0.6) is 0 Å². The molecule has 0 spiro atoms. The van der Waals surface area contributed by atoms with Crippen LogP contribution in [0, 0.1) is 45.3 Å². The van der Waals surface area contributed by atoms with Crippen LogP contribution >= 0.6 is 0 Å². The van der Waals surface area contributed by atoms with Crippen molar-refractivity contribution in [2.24, 2.45) is 45.3 Å². The van der Waals surface area contributed by atoms with E-state index < -0.39 is 29.9 Å². The Labute approximate surface area is 252 Å². The molecule has 236 valence electrons. The molecule has 0 amide bonds. The molecule has 0 saturated heterocycles. The van der Waals surface area contributed by atoms with Gasteiger partial charge in [-0.3, -0.25) is 14.4 Å². The molecule has 0 aromatic carbocycles. The third kappa shape index (κ3) is 5.05. The summed E-state index contributed by atoms with van der Waals surface area (Å²) >= 11 is 0. The Morgan fingerprint density at radius 1 is 1.00 bits per heavy atom. The average molecular weight is 587 g/mol. The molecule has 2 N–H and O–H groups in total. The maximum atomic E-state index is 12.5. The minimum Gasteiger partial charge on any atom is -0.481 e. The Morgan fingerprint density at radius 3 is 2.29 bits per heavy atom. The summed E-state index contributed by atoms with van der Waals surface area (Å²) in [7, 11) is 1.27. The van der Waals surface area contributed by atoms with E-state index in [4.69, 9.17) is 4.74 Å². The molecule has 4 aliphatic carbocycles. The Morgan fingerprint density at radius 2 is 1.67 bits per heavy atom. The summed E-state index contributed by atoms with van der Waals surface area (Å²) in [5, 5.41) is 21.5. The minimum atomic E-state index is -0.823. The molecule has 0 aliphatic heterocycles. The van der Waals surface area contributed by atoms with Crippen molar-refractivity contribution in [3.63, 3.8) is 0 Å². The predicted molar refractivity (Wildman–Crippen MR) is 161 cm³/mol. The zero-order chi connectivity index (χ0) is 31.4. The standard InChI is InChI=1S/C35H54O7/c1-20(22(3)31(39)40)10-11-21(2)23-14-17-34(7)24-12-13-26-32(4,5)28(42-30(38)19-29(37)41-9)15-16-33(26,6)25(24)18-27(36)35(23,34)8/h21-23,26-28,36H,1,10-19H2,2-9H3,(H,39,40)/t21-,22+,23-,26?,27+,28-,33-,34+,35+/m1/s1. The molecule has 0 heterocycles. The fourth-order valence-electron chi connectivity index (χ4n) is 10.2. The number of carbonyl (C=O) groups is 3. The Hall–Kier alpha value is -2.15. The number of ether oxygens (including phenoxy) is 2. The Balaban J connectivity index is 1.58. The van der Waals surface area contributed by atoms with E-state index in [1.54, 1.807) is 12.5 Å². The number of aliphatic carboxylic acids is 1. The number of carboxylic acid groups (broad SMARTS) is 1. The van der Waals surface area contributed by atoms with Crippen molar-refractivity contribution in [2.75, 3.05) is 7.11 Å². The third-order valence-corrected chi connectivity index (χ3v) is 13.2. The molecule has 42 heavy (non-hydrogen) atoms. The Kier molecular flexibility index (Phi) is 8.90. The average Bonchev–Trinajstić information content (AvgIpc) is 3.21. The quantitative estimate of drug-likeness (QED) is 0.172. The summed E-state index contributed by atoms with van der Waals surface area (Å²) in [6.45, 7) is 19.6. The van der Waals surface area contributed by atoms with Crippen LogP contribution in [0.25, 0.3) is 0 Å². The van der Waals surface area contributed by atoms with Crippen molar-refractivity contribution >= 4 is 17.9 Å². The summed E-state index contributed by atoms with van der Waals surface area (Å²) in [6, 6.07) is 0. The van der Waals surface area contributed by atoms with Crippen molar-refractivity contribution in [3.05, 3.63) is 23.3 Å². The first-order valence-corrected chi connectivity index (χ1v) is 16.0. The van der Waals surface area contributed by atoms with Gasteiger partial charge in [0.25, 0.3) is 0 Å². The van der Waals surface area contributed by atoms with Gasteiger partial charge in [0.15, 0.2) is 0 Å². The highest BCUT2D eigenvalue weighted by Gasteiger charge is 2.66.